The van der Waals surface area contributed by atoms with Crippen LogP contribution in [0.25, 0.3) is 0 Å². The van der Waals surface area contributed by atoms with Crippen LogP contribution >= 0.6 is 22.9 Å². The molecule has 1 aromatic heterocycles. The van der Waals surface area contributed by atoms with Crippen LogP contribution in [0.2, 0.25) is 5.02 Å². The van der Waals surface area contributed by atoms with Crippen molar-refractivity contribution in [2.45, 2.75) is 20.1 Å². The summed E-state index contributed by atoms with van der Waals surface area (Å²) in [4.78, 5) is 15.0. The number of halogens is 1. The second-order valence-electron chi connectivity index (χ2n) is 5.49. The van der Waals surface area contributed by atoms with Crippen LogP contribution in [0.4, 0.5) is 5.69 Å². The van der Waals surface area contributed by atoms with Crippen molar-refractivity contribution < 1.29 is 14.4 Å². The smallest absolute Gasteiger partial charge is 0.312 e. The summed E-state index contributed by atoms with van der Waals surface area (Å²) in [5.74, 6) is 0.935. The third kappa shape index (κ3) is 4.71. The van der Waals surface area contributed by atoms with Crippen LogP contribution in [0, 0.1) is 17.0 Å². The number of aromatic nitrogens is 1. The van der Waals surface area contributed by atoms with E-state index in [4.69, 9.17) is 21.1 Å². The van der Waals surface area contributed by atoms with Gasteiger partial charge in [0.1, 0.15) is 24.0 Å². The maximum atomic E-state index is 11.1. The average Bonchev–Trinajstić information content (AvgIpc) is 3.08. The highest BCUT2D eigenvalue weighted by molar-refractivity contribution is 7.09. The van der Waals surface area contributed by atoms with E-state index < -0.39 is 4.92 Å². The van der Waals surface area contributed by atoms with Gasteiger partial charge in [0.2, 0.25) is 0 Å². The predicted octanol–water partition coefficient (Wildman–Crippen LogP) is 5.17. The summed E-state index contributed by atoms with van der Waals surface area (Å²) in [5.41, 5.74) is 1.68. The largest absolute Gasteiger partial charge is 0.486 e. The number of hydrogen-bond acceptors (Lipinski definition) is 6. The first-order valence-corrected chi connectivity index (χ1v) is 8.96. The molecular weight excluding hydrogens is 376 g/mol. The molecule has 0 amide bonds. The number of ether oxygens (including phenoxy) is 2. The highest BCUT2D eigenvalue weighted by atomic mass is 35.5. The van der Waals surface area contributed by atoms with Gasteiger partial charge in [0.05, 0.1) is 10.6 Å². The third-order valence-electron chi connectivity index (χ3n) is 3.48. The summed E-state index contributed by atoms with van der Waals surface area (Å²) in [5, 5.41) is 14.0. The minimum Gasteiger partial charge on any atom is -0.486 e. The van der Waals surface area contributed by atoms with E-state index >= 15 is 0 Å². The Bertz CT molecular complexity index is 912. The Kier molecular flexibility index (Phi) is 5.70. The topological polar surface area (TPSA) is 74.5 Å². The Hall–Kier alpha value is -2.64. The first kappa shape index (κ1) is 18.2. The van der Waals surface area contributed by atoms with Gasteiger partial charge in [0.15, 0.2) is 5.75 Å². The molecule has 26 heavy (non-hydrogen) atoms. The van der Waals surface area contributed by atoms with Crippen LogP contribution in [0.3, 0.4) is 0 Å². The van der Waals surface area contributed by atoms with Crippen LogP contribution in [-0.2, 0) is 13.2 Å². The van der Waals surface area contributed by atoms with E-state index in [1.165, 1.54) is 29.0 Å². The Balaban J connectivity index is 1.59. The average molecular weight is 391 g/mol. The molecule has 0 bridgehead atoms. The molecule has 0 spiro atoms. The third-order valence-corrected chi connectivity index (χ3v) is 4.58. The zero-order valence-electron chi connectivity index (χ0n) is 13.8. The van der Waals surface area contributed by atoms with Gasteiger partial charge in [-0.15, -0.1) is 11.3 Å². The highest BCUT2D eigenvalue weighted by Crippen LogP contribution is 2.30. The van der Waals surface area contributed by atoms with Gasteiger partial charge in [-0.25, -0.2) is 4.98 Å². The zero-order valence-corrected chi connectivity index (χ0v) is 15.4. The van der Waals surface area contributed by atoms with Crippen molar-refractivity contribution in [3.63, 3.8) is 0 Å². The van der Waals surface area contributed by atoms with Crippen molar-refractivity contribution in [3.05, 3.63) is 79.2 Å². The number of nitro groups is 1. The van der Waals surface area contributed by atoms with Crippen molar-refractivity contribution in [1.29, 1.82) is 0 Å². The Morgan fingerprint density at radius 1 is 1.15 bits per heavy atom. The molecule has 0 radical (unpaired) electrons. The van der Waals surface area contributed by atoms with Crippen molar-refractivity contribution in [2.24, 2.45) is 0 Å². The molecule has 2 aromatic carbocycles. The number of aryl methyl sites for hydroxylation is 1. The second kappa shape index (κ2) is 8.16. The summed E-state index contributed by atoms with van der Waals surface area (Å²) in [7, 11) is 0. The van der Waals surface area contributed by atoms with E-state index in [1.807, 2.05) is 36.6 Å². The molecule has 0 atom stereocenters. The van der Waals surface area contributed by atoms with Crippen molar-refractivity contribution in [2.75, 3.05) is 0 Å². The van der Waals surface area contributed by atoms with Crippen molar-refractivity contribution in [3.8, 4) is 11.5 Å². The maximum Gasteiger partial charge on any atom is 0.312 e. The SMILES string of the molecule is Cc1ccc(OCc2nc(COc3ccc(Cl)cc3[N+](=O)[O-])cs2)cc1. The summed E-state index contributed by atoms with van der Waals surface area (Å²) in [6.07, 6.45) is 0. The lowest BCUT2D eigenvalue weighted by atomic mass is 10.2. The fourth-order valence-corrected chi connectivity index (χ4v) is 3.02. The Labute approximate surface area is 159 Å². The van der Waals surface area contributed by atoms with E-state index in [0.717, 1.165) is 10.8 Å². The minimum absolute atomic E-state index is 0.128. The first-order chi connectivity index (χ1) is 12.5. The first-order valence-electron chi connectivity index (χ1n) is 7.71. The number of nitro benzene ring substituents is 1. The molecule has 0 N–H and O–H groups in total. The zero-order chi connectivity index (χ0) is 18.5. The lowest BCUT2D eigenvalue weighted by molar-refractivity contribution is -0.385. The standard InChI is InChI=1S/C18H15ClN2O4S/c1-12-2-5-15(6-3-12)24-10-18-20-14(11-26-18)9-25-17-7-4-13(19)8-16(17)21(22)23/h2-8,11H,9-10H2,1H3. The summed E-state index contributed by atoms with van der Waals surface area (Å²) >= 11 is 7.24. The van der Waals surface area contributed by atoms with Crippen LogP contribution in [-0.4, -0.2) is 9.91 Å². The van der Waals surface area contributed by atoms with E-state index in [-0.39, 0.29) is 23.1 Å². The minimum atomic E-state index is -0.525. The van der Waals surface area contributed by atoms with Gasteiger partial charge in [-0.2, -0.15) is 0 Å². The van der Waals surface area contributed by atoms with Crippen LogP contribution in [0.5, 0.6) is 11.5 Å². The molecule has 134 valence electrons. The molecule has 6 nitrogen and oxygen atoms in total. The molecule has 0 saturated heterocycles. The molecule has 0 aliphatic heterocycles. The van der Waals surface area contributed by atoms with Gasteiger partial charge >= 0.3 is 5.69 Å². The number of benzene rings is 2. The molecule has 0 saturated carbocycles. The molecule has 3 rings (SSSR count). The lowest BCUT2D eigenvalue weighted by Crippen LogP contribution is -2.00. The molecule has 0 aliphatic rings. The van der Waals surface area contributed by atoms with Gasteiger partial charge in [-0.3, -0.25) is 10.1 Å². The van der Waals surface area contributed by atoms with Crippen LogP contribution in [0.1, 0.15) is 16.3 Å². The van der Waals surface area contributed by atoms with Gasteiger partial charge in [0.25, 0.3) is 0 Å². The fourth-order valence-electron chi connectivity index (χ4n) is 2.17. The number of rotatable bonds is 7. The normalized spacial score (nSPS) is 10.5. The van der Waals surface area contributed by atoms with E-state index in [1.54, 1.807) is 6.07 Å². The molecule has 3 aromatic rings. The predicted molar refractivity (Wildman–Crippen MR) is 100 cm³/mol. The Morgan fingerprint density at radius 3 is 2.65 bits per heavy atom. The van der Waals surface area contributed by atoms with Crippen molar-refractivity contribution >= 4 is 28.6 Å². The quantitative estimate of drug-likeness (QED) is 0.411. The van der Waals surface area contributed by atoms with Crippen LogP contribution in [0.15, 0.2) is 47.8 Å². The highest BCUT2D eigenvalue weighted by Gasteiger charge is 2.16. The molecular formula is C18H15ClN2O4S. The van der Waals surface area contributed by atoms with Crippen molar-refractivity contribution in [1.82, 2.24) is 4.98 Å². The number of hydrogen-bond donors (Lipinski definition) is 0. The monoisotopic (exact) mass is 390 g/mol. The Morgan fingerprint density at radius 2 is 1.92 bits per heavy atom. The van der Waals surface area contributed by atoms with Gasteiger partial charge in [-0.05, 0) is 31.2 Å². The fraction of sp³-hybridized carbons (Fsp3) is 0.167. The summed E-state index contributed by atoms with van der Waals surface area (Å²) in [6, 6.07) is 12.1. The number of nitrogens with zero attached hydrogens (tertiary/aromatic N) is 2. The molecule has 0 unspecified atom stereocenters. The maximum absolute atomic E-state index is 11.1. The number of thiazole rings is 1. The van der Waals surface area contributed by atoms with E-state index in [2.05, 4.69) is 4.98 Å². The van der Waals surface area contributed by atoms with Gasteiger partial charge < -0.3 is 9.47 Å². The van der Waals surface area contributed by atoms with Gasteiger partial charge in [0, 0.05) is 16.5 Å². The summed E-state index contributed by atoms with van der Waals surface area (Å²) < 4.78 is 11.2. The lowest BCUT2D eigenvalue weighted by Gasteiger charge is -2.05. The van der Waals surface area contributed by atoms with Gasteiger partial charge in [-0.1, -0.05) is 29.3 Å². The molecule has 8 heteroatoms. The molecule has 0 aliphatic carbocycles. The second-order valence-corrected chi connectivity index (χ2v) is 6.87. The molecule has 0 fully saturated rings. The summed E-state index contributed by atoms with van der Waals surface area (Å²) in [6.45, 7) is 2.50. The van der Waals surface area contributed by atoms with Crippen LogP contribution < -0.4 is 9.47 Å². The van der Waals surface area contributed by atoms with E-state index in [9.17, 15) is 10.1 Å². The molecule has 1 heterocycles. The van der Waals surface area contributed by atoms with E-state index in [0.29, 0.717) is 12.3 Å².